The molecule has 0 heterocycles. The molecule has 2 rings (SSSR count). The van der Waals surface area contributed by atoms with Crippen molar-refractivity contribution in [3.63, 3.8) is 0 Å². The first-order valence-electron chi connectivity index (χ1n) is 9.32. The zero-order valence-corrected chi connectivity index (χ0v) is 16.1. The monoisotopic (exact) mass is 391 g/mol. The van der Waals surface area contributed by atoms with Crippen LogP contribution >= 0.6 is 0 Å². The standard InChI is InChI=1S/C22H27F2NO3/c1-16(18-11-7-4-8-12-18)25(15-17-9-5-3-6-10-17)19(20(26)21(27)28)13-14-22(2,23)24/h3-12,16,19-20,26H,13-15H2,1-2H3,(H,27,28)/t16-,19-,20-/m0/s1. The first kappa shape index (κ1) is 22.0. The van der Waals surface area contributed by atoms with Gasteiger partial charge in [-0.2, -0.15) is 0 Å². The summed E-state index contributed by atoms with van der Waals surface area (Å²) in [4.78, 5) is 13.3. The average Bonchev–Trinajstić information content (AvgIpc) is 2.67. The molecule has 2 N–H and O–H groups in total. The van der Waals surface area contributed by atoms with Gasteiger partial charge in [0.1, 0.15) is 0 Å². The molecule has 0 aliphatic rings. The molecule has 0 amide bonds. The highest BCUT2D eigenvalue weighted by Gasteiger charge is 2.36. The number of carboxylic acids is 1. The van der Waals surface area contributed by atoms with E-state index in [1.54, 1.807) is 4.90 Å². The van der Waals surface area contributed by atoms with Crippen LogP contribution in [0.3, 0.4) is 0 Å². The SMILES string of the molecule is C[C@@H](c1ccccc1)N(Cc1ccccc1)[C@@H](CCC(C)(F)F)[C@H](O)C(=O)O. The fraction of sp³-hybridized carbons (Fsp3) is 0.409. The van der Waals surface area contributed by atoms with Gasteiger partial charge in [0.05, 0.1) is 0 Å². The number of benzene rings is 2. The Bertz CT molecular complexity index is 734. The Hall–Kier alpha value is -2.31. The number of carboxylic acid groups (broad SMARTS) is 1. The Labute approximate surface area is 164 Å². The average molecular weight is 391 g/mol. The Morgan fingerprint density at radius 2 is 1.61 bits per heavy atom. The van der Waals surface area contributed by atoms with Gasteiger partial charge in [0.25, 0.3) is 0 Å². The van der Waals surface area contributed by atoms with Crippen molar-refractivity contribution in [1.82, 2.24) is 4.90 Å². The van der Waals surface area contributed by atoms with Crippen LogP contribution in [0.1, 0.15) is 43.9 Å². The zero-order valence-electron chi connectivity index (χ0n) is 16.1. The molecule has 2 aromatic carbocycles. The lowest BCUT2D eigenvalue weighted by Crippen LogP contribution is -2.48. The molecule has 0 aromatic heterocycles. The molecule has 0 radical (unpaired) electrons. The van der Waals surface area contributed by atoms with Crippen LogP contribution in [0.4, 0.5) is 8.78 Å². The van der Waals surface area contributed by atoms with E-state index >= 15 is 0 Å². The number of alkyl halides is 2. The summed E-state index contributed by atoms with van der Waals surface area (Å²) in [6, 6.07) is 17.6. The van der Waals surface area contributed by atoms with E-state index < -0.39 is 30.5 Å². The number of aliphatic hydroxyl groups excluding tert-OH is 1. The Morgan fingerprint density at radius 3 is 2.11 bits per heavy atom. The number of hydrogen-bond acceptors (Lipinski definition) is 3. The van der Waals surface area contributed by atoms with E-state index in [2.05, 4.69) is 0 Å². The second-order valence-electron chi connectivity index (χ2n) is 7.20. The van der Waals surface area contributed by atoms with Crippen molar-refractivity contribution in [3.8, 4) is 0 Å². The maximum Gasteiger partial charge on any atom is 0.334 e. The van der Waals surface area contributed by atoms with Gasteiger partial charge in [-0.15, -0.1) is 0 Å². The summed E-state index contributed by atoms with van der Waals surface area (Å²) in [5.41, 5.74) is 1.83. The number of aliphatic hydroxyl groups is 1. The van der Waals surface area contributed by atoms with Gasteiger partial charge in [-0.1, -0.05) is 60.7 Å². The lowest BCUT2D eigenvalue weighted by molar-refractivity contribution is -0.152. The predicted octanol–water partition coefficient (Wildman–Crippen LogP) is 4.50. The molecule has 0 saturated heterocycles. The fourth-order valence-electron chi connectivity index (χ4n) is 3.33. The van der Waals surface area contributed by atoms with Crippen LogP contribution in [0.2, 0.25) is 0 Å². The molecule has 0 unspecified atom stereocenters. The van der Waals surface area contributed by atoms with Crippen molar-refractivity contribution in [2.24, 2.45) is 0 Å². The molecular weight excluding hydrogens is 364 g/mol. The molecule has 28 heavy (non-hydrogen) atoms. The molecule has 0 spiro atoms. The van der Waals surface area contributed by atoms with Crippen molar-refractivity contribution in [3.05, 3.63) is 71.8 Å². The molecule has 0 fully saturated rings. The fourth-order valence-corrected chi connectivity index (χ4v) is 3.33. The number of aliphatic carboxylic acids is 1. The zero-order chi connectivity index (χ0) is 20.7. The lowest BCUT2D eigenvalue weighted by Gasteiger charge is -2.38. The predicted molar refractivity (Wildman–Crippen MR) is 104 cm³/mol. The first-order valence-corrected chi connectivity index (χ1v) is 9.32. The first-order chi connectivity index (χ1) is 13.2. The van der Waals surface area contributed by atoms with Crippen molar-refractivity contribution < 1.29 is 23.8 Å². The molecule has 0 aliphatic heterocycles. The largest absolute Gasteiger partial charge is 0.479 e. The van der Waals surface area contributed by atoms with Gasteiger partial charge in [-0.05, 0) is 31.4 Å². The Morgan fingerprint density at radius 1 is 1.07 bits per heavy atom. The van der Waals surface area contributed by atoms with Gasteiger partial charge in [-0.25, -0.2) is 13.6 Å². The van der Waals surface area contributed by atoms with Crippen LogP contribution < -0.4 is 0 Å². The molecule has 4 nitrogen and oxygen atoms in total. The van der Waals surface area contributed by atoms with E-state index in [4.69, 9.17) is 0 Å². The highest BCUT2D eigenvalue weighted by Crippen LogP contribution is 2.30. The van der Waals surface area contributed by atoms with Crippen LogP contribution in [-0.2, 0) is 11.3 Å². The number of carbonyl (C=O) groups is 1. The van der Waals surface area contributed by atoms with Crippen LogP contribution in [-0.4, -0.2) is 39.2 Å². The molecule has 6 heteroatoms. The molecule has 0 saturated carbocycles. The van der Waals surface area contributed by atoms with Crippen molar-refractivity contribution in [2.75, 3.05) is 0 Å². The van der Waals surface area contributed by atoms with Crippen LogP contribution in [0.5, 0.6) is 0 Å². The van der Waals surface area contributed by atoms with Crippen LogP contribution in [0.25, 0.3) is 0 Å². The van der Waals surface area contributed by atoms with Crippen molar-refractivity contribution in [1.29, 1.82) is 0 Å². The number of hydrogen-bond donors (Lipinski definition) is 2. The van der Waals surface area contributed by atoms with E-state index in [0.29, 0.717) is 6.54 Å². The van der Waals surface area contributed by atoms with Gasteiger partial charge in [-0.3, -0.25) is 4.90 Å². The summed E-state index contributed by atoms with van der Waals surface area (Å²) < 4.78 is 27.0. The Balaban J connectivity index is 2.39. The molecule has 152 valence electrons. The normalized spacial score (nSPS) is 15.2. The van der Waals surface area contributed by atoms with E-state index in [1.165, 1.54) is 0 Å². The number of rotatable bonds is 10. The van der Waals surface area contributed by atoms with E-state index in [1.807, 2.05) is 67.6 Å². The van der Waals surface area contributed by atoms with Crippen molar-refractivity contribution >= 4 is 5.97 Å². The van der Waals surface area contributed by atoms with Gasteiger partial charge >= 0.3 is 5.97 Å². The van der Waals surface area contributed by atoms with Gasteiger partial charge < -0.3 is 10.2 Å². The number of nitrogens with zero attached hydrogens (tertiary/aromatic N) is 1. The molecule has 3 atom stereocenters. The minimum absolute atomic E-state index is 0.138. The summed E-state index contributed by atoms with van der Waals surface area (Å²) in [5.74, 6) is -4.35. The number of halogens is 2. The Kier molecular flexibility index (Phi) is 7.66. The minimum Gasteiger partial charge on any atom is -0.479 e. The van der Waals surface area contributed by atoms with E-state index in [-0.39, 0.29) is 12.5 Å². The summed E-state index contributed by atoms with van der Waals surface area (Å²) in [6.07, 6.45) is -2.41. The quantitative estimate of drug-likeness (QED) is 0.626. The molecular formula is C22H27F2NO3. The summed E-state index contributed by atoms with van der Waals surface area (Å²) in [6.45, 7) is 3.03. The summed E-state index contributed by atoms with van der Waals surface area (Å²) >= 11 is 0. The van der Waals surface area contributed by atoms with Gasteiger partial charge in [0.2, 0.25) is 5.92 Å². The maximum atomic E-state index is 13.5. The third kappa shape index (κ3) is 6.39. The maximum absolute atomic E-state index is 13.5. The van der Waals surface area contributed by atoms with Crippen LogP contribution in [0.15, 0.2) is 60.7 Å². The molecule has 0 bridgehead atoms. The van der Waals surface area contributed by atoms with Gasteiger partial charge in [0.15, 0.2) is 6.10 Å². The van der Waals surface area contributed by atoms with E-state index in [9.17, 15) is 23.8 Å². The summed E-state index contributed by atoms with van der Waals surface area (Å²) in [5, 5.41) is 19.7. The third-order valence-corrected chi connectivity index (χ3v) is 4.91. The van der Waals surface area contributed by atoms with Gasteiger partial charge in [0, 0.05) is 25.0 Å². The molecule has 0 aliphatic carbocycles. The summed E-state index contributed by atoms with van der Waals surface area (Å²) in [7, 11) is 0. The third-order valence-electron chi connectivity index (χ3n) is 4.91. The minimum atomic E-state index is -2.94. The lowest BCUT2D eigenvalue weighted by atomic mass is 9.96. The highest BCUT2D eigenvalue weighted by atomic mass is 19.3. The van der Waals surface area contributed by atoms with E-state index in [0.717, 1.165) is 18.1 Å². The smallest absolute Gasteiger partial charge is 0.334 e. The molecule has 2 aromatic rings. The van der Waals surface area contributed by atoms with Crippen molar-refractivity contribution in [2.45, 2.75) is 57.3 Å². The second-order valence-corrected chi connectivity index (χ2v) is 7.20. The topological polar surface area (TPSA) is 60.8 Å². The highest BCUT2D eigenvalue weighted by molar-refractivity contribution is 5.72. The van der Waals surface area contributed by atoms with Crippen LogP contribution in [0, 0.1) is 0 Å². The second kappa shape index (κ2) is 9.75.